The Morgan fingerprint density at radius 2 is 1.64 bits per heavy atom. The van der Waals surface area contributed by atoms with Crippen molar-refractivity contribution in [3.05, 3.63) is 71.3 Å². The van der Waals surface area contributed by atoms with Gasteiger partial charge in [-0.15, -0.1) is 0 Å². The van der Waals surface area contributed by atoms with E-state index >= 15 is 0 Å². The number of rotatable bonds is 7. The SMILES string of the molecule is Cc1ccc(CC(=O)O[C@@H](C)C(=O)NC[C@H](C)c2ccccc2)cc1. The first-order valence-electron chi connectivity index (χ1n) is 8.53. The summed E-state index contributed by atoms with van der Waals surface area (Å²) in [6.45, 7) is 6.13. The van der Waals surface area contributed by atoms with Gasteiger partial charge in [-0.3, -0.25) is 9.59 Å². The molecule has 25 heavy (non-hydrogen) atoms. The summed E-state index contributed by atoms with van der Waals surface area (Å²) in [5, 5.41) is 2.84. The van der Waals surface area contributed by atoms with E-state index in [-0.39, 0.29) is 18.2 Å². The van der Waals surface area contributed by atoms with Crippen molar-refractivity contribution in [3.63, 3.8) is 0 Å². The molecule has 0 unspecified atom stereocenters. The van der Waals surface area contributed by atoms with Gasteiger partial charge in [0.05, 0.1) is 6.42 Å². The largest absolute Gasteiger partial charge is 0.452 e. The van der Waals surface area contributed by atoms with Crippen LogP contribution >= 0.6 is 0 Å². The second-order valence-corrected chi connectivity index (χ2v) is 6.35. The third kappa shape index (κ3) is 6.07. The maximum absolute atomic E-state index is 12.1. The van der Waals surface area contributed by atoms with Crippen molar-refractivity contribution >= 4 is 11.9 Å². The molecule has 0 radical (unpaired) electrons. The van der Waals surface area contributed by atoms with Gasteiger partial charge >= 0.3 is 5.97 Å². The molecular formula is C21H25NO3. The van der Waals surface area contributed by atoms with Crippen LogP contribution in [0, 0.1) is 6.92 Å². The average Bonchev–Trinajstić information content (AvgIpc) is 2.62. The summed E-state index contributed by atoms with van der Waals surface area (Å²) in [6, 6.07) is 17.7. The standard InChI is InChI=1S/C21H25NO3/c1-15-9-11-18(12-10-15)13-20(23)25-17(3)21(24)22-14-16(2)19-7-5-4-6-8-19/h4-12,16-17H,13-14H2,1-3H3,(H,22,24)/t16-,17-/m0/s1. The lowest BCUT2D eigenvalue weighted by Gasteiger charge is -2.16. The Labute approximate surface area is 149 Å². The van der Waals surface area contributed by atoms with Crippen LogP contribution in [0.15, 0.2) is 54.6 Å². The van der Waals surface area contributed by atoms with Crippen molar-refractivity contribution in [3.8, 4) is 0 Å². The molecule has 0 spiro atoms. The summed E-state index contributed by atoms with van der Waals surface area (Å²) in [5.41, 5.74) is 3.17. The van der Waals surface area contributed by atoms with Gasteiger partial charge in [0.1, 0.15) is 0 Å². The molecule has 132 valence electrons. The van der Waals surface area contributed by atoms with Gasteiger partial charge in [-0.2, -0.15) is 0 Å². The lowest BCUT2D eigenvalue weighted by Crippen LogP contribution is -2.37. The molecule has 2 aromatic carbocycles. The van der Waals surface area contributed by atoms with Crippen molar-refractivity contribution in [2.75, 3.05) is 6.54 Å². The third-order valence-corrected chi connectivity index (χ3v) is 4.10. The second kappa shape index (κ2) is 9.02. The fourth-order valence-electron chi connectivity index (χ4n) is 2.46. The summed E-state index contributed by atoms with van der Waals surface area (Å²) >= 11 is 0. The summed E-state index contributed by atoms with van der Waals surface area (Å²) in [5.74, 6) is -0.483. The topological polar surface area (TPSA) is 55.4 Å². The quantitative estimate of drug-likeness (QED) is 0.787. The van der Waals surface area contributed by atoms with E-state index in [2.05, 4.69) is 5.32 Å². The predicted octanol–water partition coefficient (Wildman–Crippen LogP) is 3.39. The fraction of sp³-hybridized carbons (Fsp3) is 0.333. The Hall–Kier alpha value is -2.62. The maximum atomic E-state index is 12.1. The highest BCUT2D eigenvalue weighted by molar-refractivity contribution is 5.83. The van der Waals surface area contributed by atoms with Crippen LogP contribution in [0.5, 0.6) is 0 Å². The van der Waals surface area contributed by atoms with Crippen LogP contribution in [0.4, 0.5) is 0 Å². The number of esters is 1. The van der Waals surface area contributed by atoms with E-state index in [1.807, 2.05) is 68.4 Å². The Balaban J connectivity index is 1.77. The lowest BCUT2D eigenvalue weighted by molar-refractivity contribution is -0.154. The van der Waals surface area contributed by atoms with Gasteiger partial charge in [0.15, 0.2) is 6.10 Å². The van der Waals surface area contributed by atoms with Gasteiger partial charge in [-0.1, -0.05) is 67.1 Å². The van der Waals surface area contributed by atoms with E-state index in [9.17, 15) is 9.59 Å². The van der Waals surface area contributed by atoms with E-state index in [4.69, 9.17) is 4.74 Å². The number of carbonyl (C=O) groups excluding carboxylic acids is 2. The van der Waals surface area contributed by atoms with Crippen LogP contribution in [-0.2, 0) is 20.7 Å². The summed E-state index contributed by atoms with van der Waals surface area (Å²) < 4.78 is 5.23. The van der Waals surface area contributed by atoms with Crippen molar-refractivity contribution in [1.29, 1.82) is 0 Å². The first-order chi connectivity index (χ1) is 12.0. The van der Waals surface area contributed by atoms with E-state index in [1.54, 1.807) is 6.92 Å². The molecule has 2 rings (SSSR count). The first kappa shape index (κ1) is 18.7. The van der Waals surface area contributed by atoms with E-state index in [0.717, 1.165) is 16.7 Å². The highest BCUT2D eigenvalue weighted by Gasteiger charge is 2.18. The number of aryl methyl sites for hydroxylation is 1. The minimum absolute atomic E-state index is 0.165. The van der Waals surface area contributed by atoms with Gasteiger partial charge in [-0.05, 0) is 30.9 Å². The Morgan fingerprint density at radius 1 is 1.00 bits per heavy atom. The smallest absolute Gasteiger partial charge is 0.311 e. The van der Waals surface area contributed by atoms with Crippen LogP contribution in [0.2, 0.25) is 0 Å². The zero-order chi connectivity index (χ0) is 18.2. The number of hydrogen-bond donors (Lipinski definition) is 1. The van der Waals surface area contributed by atoms with Crippen molar-refractivity contribution in [2.24, 2.45) is 0 Å². The highest BCUT2D eigenvalue weighted by atomic mass is 16.5. The second-order valence-electron chi connectivity index (χ2n) is 6.35. The number of benzene rings is 2. The number of amides is 1. The monoisotopic (exact) mass is 339 g/mol. The minimum Gasteiger partial charge on any atom is -0.452 e. The molecule has 0 aliphatic heterocycles. The van der Waals surface area contributed by atoms with Gasteiger partial charge in [0.25, 0.3) is 5.91 Å². The van der Waals surface area contributed by atoms with E-state index in [0.29, 0.717) is 6.54 Å². The number of nitrogens with one attached hydrogen (secondary N) is 1. The zero-order valence-corrected chi connectivity index (χ0v) is 15.0. The van der Waals surface area contributed by atoms with Crippen molar-refractivity contribution in [1.82, 2.24) is 5.32 Å². The molecule has 0 aliphatic rings. The fourth-order valence-corrected chi connectivity index (χ4v) is 2.46. The molecule has 0 heterocycles. The van der Waals surface area contributed by atoms with Crippen LogP contribution in [-0.4, -0.2) is 24.5 Å². The van der Waals surface area contributed by atoms with Gasteiger partial charge in [0.2, 0.25) is 0 Å². The Morgan fingerprint density at radius 3 is 2.28 bits per heavy atom. The Bertz CT molecular complexity index is 695. The van der Waals surface area contributed by atoms with Crippen molar-refractivity contribution < 1.29 is 14.3 Å². The van der Waals surface area contributed by atoms with Gasteiger partial charge < -0.3 is 10.1 Å². The van der Waals surface area contributed by atoms with Crippen LogP contribution in [0.1, 0.15) is 36.5 Å². The molecule has 2 atom stereocenters. The third-order valence-electron chi connectivity index (χ3n) is 4.10. The molecule has 0 aromatic heterocycles. The highest BCUT2D eigenvalue weighted by Crippen LogP contribution is 2.13. The van der Waals surface area contributed by atoms with Crippen LogP contribution < -0.4 is 5.32 Å². The molecule has 2 aromatic rings. The molecule has 0 saturated carbocycles. The van der Waals surface area contributed by atoms with Gasteiger partial charge in [0, 0.05) is 6.54 Å². The number of carbonyl (C=O) groups is 2. The summed E-state index contributed by atoms with van der Waals surface area (Å²) in [7, 11) is 0. The molecule has 1 amide bonds. The van der Waals surface area contributed by atoms with E-state index in [1.165, 1.54) is 0 Å². The molecule has 4 heteroatoms. The summed E-state index contributed by atoms with van der Waals surface area (Å²) in [4.78, 5) is 24.1. The normalized spacial score (nSPS) is 12.9. The minimum atomic E-state index is -0.805. The molecular weight excluding hydrogens is 314 g/mol. The predicted molar refractivity (Wildman–Crippen MR) is 98.3 cm³/mol. The first-order valence-corrected chi connectivity index (χ1v) is 8.53. The molecule has 1 N–H and O–H groups in total. The molecule has 0 bridgehead atoms. The average molecular weight is 339 g/mol. The zero-order valence-electron chi connectivity index (χ0n) is 15.0. The summed E-state index contributed by atoms with van der Waals surface area (Å²) in [6.07, 6.45) is -0.640. The Kier molecular flexibility index (Phi) is 6.75. The number of hydrogen-bond acceptors (Lipinski definition) is 3. The van der Waals surface area contributed by atoms with Crippen molar-refractivity contribution in [2.45, 2.75) is 39.2 Å². The van der Waals surface area contributed by atoms with Gasteiger partial charge in [-0.25, -0.2) is 0 Å². The van der Waals surface area contributed by atoms with Crippen LogP contribution in [0.25, 0.3) is 0 Å². The van der Waals surface area contributed by atoms with Crippen LogP contribution in [0.3, 0.4) is 0 Å². The molecule has 0 saturated heterocycles. The maximum Gasteiger partial charge on any atom is 0.311 e. The molecule has 0 aliphatic carbocycles. The molecule has 0 fully saturated rings. The molecule has 4 nitrogen and oxygen atoms in total. The van der Waals surface area contributed by atoms with E-state index < -0.39 is 12.1 Å². The number of ether oxygens (including phenoxy) is 1. The lowest BCUT2D eigenvalue weighted by atomic mass is 10.0.